The van der Waals surface area contributed by atoms with Crippen molar-refractivity contribution in [1.82, 2.24) is 0 Å². The van der Waals surface area contributed by atoms with Gasteiger partial charge in [0.1, 0.15) is 12.5 Å². The molecule has 0 amide bonds. The van der Waals surface area contributed by atoms with Crippen LogP contribution in [0.3, 0.4) is 0 Å². The Bertz CT molecular complexity index is 754. The standard InChI is InChI=1S/C21H21S2/c1-16-4-10-19(11-5-16)22-20-12-6-17(7-13-20)18-8-14-21(15-9-18)23(2)3/h4-15H,1-3H3/q+1. The Hall–Kier alpha value is -1.64. The largest absolute Gasteiger partial charge is 0.154 e. The highest BCUT2D eigenvalue weighted by molar-refractivity contribution is 7.99. The van der Waals surface area contributed by atoms with Gasteiger partial charge in [0.05, 0.1) is 0 Å². The van der Waals surface area contributed by atoms with Crippen molar-refractivity contribution in [3.63, 3.8) is 0 Å². The maximum atomic E-state index is 2.26. The van der Waals surface area contributed by atoms with Crippen LogP contribution in [-0.2, 0) is 10.9 Å². The molecule has 0 radical (unpaired) electrons. The molecule has 0 atom stereocenters. The molecule has 0 N–H and O–H groups in total. The summed E-state index contributed by atoms with van der Waals surface area (Å²) in [7, 11) is 0.325. The summed E-state index contributed by atoms with van der Waals surface area (Å²) in [4.78, 5) is 3.98. The zero-order valence-corrected chi connectivity index (χ0v) is 15.4. The van der Waals surface area contributed by atoms with E-state index in [2.05, 4.69) is 92.2 Å². The molecule has 0 aliphatic heterocycles. The number of aryl methyl sites for hydroxylation is 1. The molecule has 23 heavy (non-hydrogen) atoms. The first-order valence-electron chi connectivity index (χ1n) is 7.64. The van der Waals surface area contributed by atoms with Crippen molar-refractivity contribution in [3.8, 4) is 11.1 Å². The average Bonchev–Trinajstić information content (AvgIpc) is 2.58. The van der Waals surface area contributed by atoms with E-state index >= 15 is 0 Å². The van der Waals surface area contributed by atoms with Crippen LogP contribution >= 0.6 is 11.8 Å². The second-order valence-corrected chi connectivity index (χ2v) is 9.03. The summed E-state index contributed by atoms with van der Waals surface area (Å²) >= 11 is 1.81. The SMILES string of the molecule is Cc1ccc(Sc2ccc(-c3ccc([S+](C)C)cc3)cc2)cc1. The predicted molar refractivity (Wildman–Crippen MR) is 105 cm³/mol. The summed E-state index contributed by atoms with van der Waals surface area (Å²) in [6.07, 6.45) is 4.51. The van der Waals surface area contributed by atoms with E-state index in [9.17, 15) is 0 Å². The molecule has 0 aliphatic rings. The topological polar surface area (TPSA) is 0 Å². The maximum absolute atomic E-state index is 2.26. The quantitative estimate of drug-likeness (QED) is 0.522. The van der Waals surface area contributed by atoms with Crippen molar-refractivity contribution in [3.05, 3.63) is 78.4 Å². The second kappa shape index (κ2) is 7.29. The maximum Gasteiger partial charge on any atom is 0.154 e. The fraction of sp³-hybridized carbons (Fsp3) is 0.143. The molecule has 3 rings (SSSR count). The Kier molecular flexibility index (Phi) is 5.14. The minimum absolute atomic E-state index is 0.325. The van der Waals surface area contributed by atoms with Crippen LogP contribution in [0, 0.1) is 6.92 Å². The van der Waals surface area contributed by atoms with Crippen LogP contribution < -0.4 is 0 Å². The summed E-state index contributed by atoms with van der Waals surface area (Å²) in [6.45, 7) is 2.12. The Morgan fingerprint density at radius 2 is 1.04 bits per heavy atom. The average molecular weight is 338 g/mol. The molecule has 3 aromatic rings. The van der Waals surface area contributed by atoms with Crippen molar-refractivity contribution in [1.29, 1.82) is 0 Å². The van der Waals surface area contributed by atoms with Gasteiger partial charge in [0.25, 0.3) is 0 Å². The van der Waals surface area contributed by atoms with Gasteiger partial charge in [0, 0.05) is 20.7 Å². The minimum atomic E-state index is 0.325. The van der Waals surface area contributed by atoms with Gasteiger partial charge in [0.15, 0.2) is 4.90 Å². The first-order chi connectivity index (χ1) is 11.1. The van der Waals surface area contributed by atoms with E-state index in [0.717, 1.165) is 0 Å². The smallest absolute Gasteiger partial charge is 0.0901 e. The molecule has 0 saturated heterocycles. The molecule has 0 nitrogen and oxygen atoms in total. The lowest BCUT2D eigenvalue weighted by Gasteiger charge is -2.06. The van der Waals surface area contributed by atoms with E-state index in [1.54, 1.807) is 0 Å². The van der Waals surface area contributed by atoms with Crippen LogP contribution in [0.25, 0.3) is 11.1 Å². The van der Waals surface area contributed by atoms with Gasteiger partial charge < -0.3 is 0 Å². The molecule has 0 unspecified atom stereocenters. The van der Waals surface area contributed by atoms with E-state index in [-0.39, 0.29) is 0 Å². The van der Waals surface area contributed by atoms with Gasteiger partial charge in [-0.25, -0.2) is 0 Å². The first kappa shape index (κ1) is 16.2. The van der Waals surface area contributed by atoms with E-state index < -0.39 is 0 Å². The molecular weight excluding hydrogens is 316 g/mol. The second-order valence-electron chi connectivity index (χ2n) is 5.78. The molecule has 0 spiro atoms. The van der Waals surface area contributed by atoms with E-state index in [4.69, 9.17) is 0 Å². The molecule has 3 aromatic carbocycles. The van der Waals surface area contributed by atoms with Crippen LogP contribution in [0.5, 0.6) is 0 Å². The van der Waals surface area contributed by atoms with Crippen molar-refractivity contribution in [2.75, 3.05) is 12.5 Å². The summed E-state index contributed by atoms with van der Waals surface area (Å²) < 4.78 is 0. The van der Waals surface area contributed by atoms with Gasteiger partial charge in [-0.3, -0.25) is 0 Å². The zero-order chi connectivity index (χ0) is 16.2. The molecule has 0 aromatic heterocycles. The van der Waals surface area contributed by atoms with Crippen LogP contribution in [0.15, 0.2) is 87.5 Å². The van der Waals surface area contributed by atoms with E-state index in [1.807, 2.05) is 11.8 Å². The molecule has 0 bridgehead atoms. The molecule has 2 heteroatoms. The number of hydrogen-bond acceptors (Lipinski definition) is 1. The Labute approximate surface area is 146 Å². The normalized spacial score (nSPS) is 11.0. The lowest BCUT2D eigenvalue weighted by molar-refractivity contribution is 1.36. The summed E-state index contributed by atoms with van der Waals surface area (Å²) in [6, 6.07) is 26.5. The Balaban J connectivity index is 1.75. The highest BCUT2D eigenvalue weighted by Crippen LogP contribution is 2.30. The predicted octanol–water partition coefficient (Wildman–Crippen LogP) is 6.05. The number of rotatable bonds is 4. The Morgan fingerprint density at radius 3 is 1.52 bits per heavy atom. The third-order valence-electron chi connectivity index (χ3n) is 3.77. The van der Waals surface area contributed by atoms with Crippen molar-refractivity contribution >= 4 is 22.7 Å². The zero-order valence-electron chi connectivity index (χ0n) is 13.7. The van der Waals surface area contributed by atoms with E-state index in [1.165, 1.54) is 31.4 Å². The molecule has 0 fully saturated rings. The van der Waals surface area contributed by atoms with Gasteiger partial charge >= 0.3 is 0 Å². The van der Waals surface area contributed by atoms with Gasteiger partial charge in [-0.15, -0.1) is 0 Å². The van der Waals surface area contributed by atoms with Crippen molar-refractivity contribution < 1.29 is 0 Å². The van der Waals surface area contributed by atoms with E-state index in [0.29, 0.717) is 10.9 Å². The van der Waals surface area contributed by atoms with Crippen LogP contribution in [0.1, 0.15) is 5.56 Å². The third-order valence-corrected chi connectivity index (χ3v) is 6.00. The summed E-state index contributed by atoms with van der Waals surface area (Å²) in [5, 5.41) is 0. The highest BCUT2D eigenvalue weighted by Gasteiger charge is 2.07. The fourth-order valence-corrected chi connectivity index (χ4v) is 3.87. The fourth-order valence-electron chi connectivity index (χ4n) is 2.38. The minimum Gasteiger partial charge on any atom is -0.0901 e. The highest BCUT2D eigenvalue weighted by atomic mass is 32.2. The van der Waals surface area contributed by atoms with Gasteiger partial charge in [0.2, 0.25) is 0 Å². The molecular formula is C21H21S2+. The number of benzene rings is 3. The molecule has 116 valence electrons. The molecule has 0 saturated carbocycles. The van der Waals surface area contributed by atoms with Crippen LogP contribution in [0.4, 0.5) is 0 Å². The lowest BCUT2D eigenvalue weighted by Crippen LogP contribution is -1.94. The van der Waals surface area contributed by atoms with Crippen LogP contribution in [-0.4, -0.2) is 12.5 Å². The third kappa shape index (κ3) is 4.21. The summed E-state index contributed by atoms with van der Waals surface area (Å²) in [5.41, 5.74) is 3.86. The molecule has 0 aliphatic carbocycles. The van der Waals surface area contributed by atoms with Crippen molar-refractivity contribution in [2.45, 2.75) is 21.6 Å². The monoisotopic (exact) mass is 337 g/mol. The van der Waals surface area contributed by atoms with Gasteiger partial charge in [-0.05, 0) is 66.6 Å². The first-order valence-corrected chi connectivity index (χ1v) is 10.5. The number of hydrogen-bond donors (Lipinski definition) is 0. The Morgan fingerprint density at radius 1 is 0.609 bits per heavy atom. The van der Waals surface area contributed by atoms with Crippen molar-refractivity contribution in [2.24, 2.45) is 0 Å². The summed E-state index contributed by atoms with van der Waals surface area (Å²) in [5.74, 6) is 0. The lowest BCUT2D eigenvalue weighted by atomic mass is 10.1. The van der Waals surface area contributed by atoms with Gasteiger partial charge in [-0.1, -0.05) is 41.6 Å². The van der Waals surface area contributed by atoms with Gasteiger partial charge in [-0.2, -0.15) is 0 Å². The molecule has 0 heterocycles. The van der Waals surface area contributed by atoms with Crippen LogP contribution in [0.2, 0.25) is 0 Å².